The van der Waals surface area contributed by atoms with Gasteiger partial charge in [-0.05, 0) is 60.4 Å². The molecule has 32 heavy (non-hydrogen) atoms. The van der Waals surface area contributed by atoms with Gasteiger partial charge in [0.15, 0.2) is 0 Å². The van der Waals surface area contributed by atoms with Gasteiger partial charge in [0.05, 0.1) is 23.7 Å². The number of nitrogens with one attached hydrogen (secondary N) is 1. The molecule has 172 valence electrons. The zero-order chi connectivity index (χ0) is 23.4. The number of carboxylic acid groups (broad SMARTS) is 1. The molecule has 0 spiro atoms. The maximum absolute atomic E-state index is 12.9. The van der Waals surface area contributed by atoms with Crippen molar-refractivity contribution in [1.29, 1.82) is 0 Å². The van der Waals surface area contributed by atoms with Gasteiger partial charge < -0.3 is 15.3 Å². The van der Waals surface area contributed by atoms with E-state index in [2.05, 4.69) is 42.9 Å². The summed E-state index contributed by atoms with van der Waals surface area (Å²) >= 11 is 0. The molecule has 0 aliphatic heterocycles. The number of hydrogen-bond acceptors (Lipinski definition) is 4. The van der Waals surface area contributed by atoms with Gasteiger partial charge in [-0.25, -0.2) is 0 Å². The lowest BCUT2D eigenvalue weighted by Gasteiger charge is -2.31. The predicted molar refractivity (Wildman–Crippen MR) is 128 cm³/mol. The first-order valence-corrected chi connectivity index (χ1v) is 11.5. The molecule has 1 aliphatic rings. The van der Waals surface area contributed by atoms with E-state index in [1.807, 2.05) is 37.3 Å². The minimum absolute atomic E-state index is 0.0159. The molecule has 2 aromatic rings. The number of carboxylic acids is 1. The fourth-order valence-electron chi connectivity index (χ4n) is 4.13. The summed E-state index contributed by atoms with van der Waals surface area (Å²) in [6.07, 6.45) is 2.63. The van der Waals surface area contributed by atoms with E-state index in [-0.39, 0.29) is 24.2 Å². The quantitative estimate of drug-likeness (QED) is 0.554. The molecule has 1 amide bonds. The zero-order valence-electron chi connectivity index (χ0n) is 19.8. The predicted octanol–water partition coefficient (Wildman–Crippen LogP) is 4.88. The van der Waals surface area contributed by atoms with Crippen LogP contribution >= 0.6 is 0 Å². The van der Waals surface area contributed by atoms with E-state index in [1.54, 1.807) is 6.20 Å². The standard InChI is InChI=1S/C26H35N3O3/c1-16(2)14-29(15-17(3)4)24-9-8-20(21-12-22(21)26(31)32)11-23(24)28-25(30)10-19-7-6-18(5)27-13-19/h6-9,11,13,16-17,21-22H,10,12,14-15H2,1-5H3,(H,28,30)(H,31,32)/t21-,22-/m1/s1. The molecule has 1 saturated carbocycles. The first-order valence-electron chi connectivity index (χ1n) is 11.5. The van der Waals surface area contributed by atoms with E-state index >= 15 is 0 Å². The first kappa shape index (κ1) is 23.8. The number of rotatable bonds is 10. The van der Waals surface area contributed by atoms with Crippen molar-refractivity contribution in [2.24, 2.45) is 17.8 Å². The van der Waals surface area contributed by atoms with Gasteiger partial charge in [-0.1, -0.05) is 39.8 Å². The minimum Gasteiger partial charge on any atom is -0.481 e. The number of anilines is 2. The van der Waals surface area contributed by atoms with E-state index in [1.165, 1.54) is 0 Å². The van der Waals surface area contributed by atoms with Gasteiger partial charge in [0.2, 0.25) is 5.91 Å². The highest BCUT2D eigenvalue weighted by Gasteiger charge is 2.44. The van der Waals surface area contributed by atoms with E-state index in [4.69, 9.17) is 0 Å². The van der Waals surface area contributed by atoms with Gasteiger partial charge >= 0.3 is 5.97 Å². The van der Waals surface area contributed by atoms with Gasteiger partial charge in [0.1, 0.15) is 0 Å². The Morgan fingerprint density at radius 3 is 2.34 bits per heavy atom. The van der Waals surface area contributed by atoms with Crippen molar-refractivity contribution in [3.63, 3.8) is 0 Å². The molecule has 1 fully saturated rings. The van der Waals surface area contributed by atoms with Crippen LogP contribution < -0.4 is 10.2 Å². The smallest absolute Gasteiger partial charge is 0.307 e. The third-order valence-electron chi connectivity index (χ3n) is 5.68. The molecule has 6 heteroatoms. The number of amides is 1. The summed E-state index contributed by atoms with van der Waals surface area (Å²) in [7, 11) is 0. The van der Waals surface area contributed by atoms with Crippen molar-refractivity contribution in [3.8, 4) is 0 Å². The van der Waals surface area contributed by atoms with Crippen molar-refractivity contribution >= 4 is 23.3 Å². The van der Waals surface area contributed by atoms with Crippen molar-refractivity contribution in [2.45, 2.75) is 53.4 Å². The van der Waals surface area contributed by atoms with Crippen molar-refractivity contribution in [2.75, 3.05) is 23.3 Å². The average molecular weight is 438 g/mol. The molecule has 1 aromatic carbocycles. The summed E-state index contributed by atoms with van der Waals surface area (Å²) in [5, 5.41) is 12.5. The SMILES string of the molecule is Cc1ccc(CC(=O)Nc2cc([C@H]3C[C@H]3C(=O)O)ccc2N(CC(C)C)CC(C)C)cn1. The van der Waals surface area contributed by atoms with Gasteiger partial charge in [-0.15, -0.1) is 0 Å². The van der Waals surface area contributed by atoms with Crippen molar-refractivity contribution in [1.82, 2.24) is 4.98 Å². The van der Waals surface area contributed by atoms with Crippen molar-refractivity contribution in [3.05, 3.63) is 53.3 Å². The lowest BCUT2D eigenvalue weighted by Crippen LogP contribution is -2.32. The fraction of sp³-hybridized carbons (Fsp3) is 0.500. The van der Waals surface area contributed by atoms with E-state index in [9.17, 15) is 14.7 Å². The third kappa shape index (κ3) is 6.31. The van der Waals surface area contributed by atoms with Gasteiger partial charge in [-0.3, -0.25) is 14.6 Å². The van der Waals surface area contributed by atoms with E-state index < -0.39 is 5.97 Å². The average Bonchev–Trinajstić information content (AvgIpc) is 3.50. The first-order chi connectivity index (χ1) is 15.1. The molecular formula is C26H35N3O3. The topological polar surface area (TPSA) is 82.5 Å². The van der Waals surface area contributed by atoms with Crippen LogP contribution in [-0.2, 0) is 16.0 Å². The second-order valence-corrected chi connectivity index (χ2v) is 9.79. The Hall–Kier alpha value is -2.89. The molecule has 0 unspecified atom stereocenters. The molecule has 1 aromatic heterocycles. The Labute approximate surface area is 191 Å². The summed E-state index contributed by atoms with van der Waals surface area (Å²) < 4.78 is 0. The highest BCUT2D eigenvalue weighted by atomic mass is 16.4. The Balaban J connectivity index is 1.88. The number of carbonyl (C=O) groups excluding carboxylic acids is 1. The van der Waals surface area contributed by atoms with Crippen LogP contribution in [0.2, 0.25) is 0 Å². The summed E-state index contributed by atoms with van der Waals surface area (Å²) in [6, 6.07) is 9.87. The molecule has 1 aliphatic carbocycles. The number of aromatic nitrogens is 1. The molecule has 2 atom stereocenters. The molecule has 0 bridgehead atoms. The molecule has 0 radical (unpaired) electrons. The van der Waals surface area contributed by atoms with Crippen LogP contribution in [0.4, 0.5) is 11.4 Å². The number of aliphatic carboxylic acids is 1. The number of hydrogen-bond donors (Lipinski definition) is 2. The Kier molecular flexibility index (Phi) is 7.54. The van der Waals surface area contributed by atoms with Gasteiger partial charge in [0.25, 0.3) is 0 Å². The van der Waals surface area contributed by atoms with E-state index in [0.29, 0.717) is 18.3 Å². The van der Waals surface area contributed by atoms with Crippen LogP contribution in [0.25, 0.3) is 0 Å². The maximum atomic E-state index is 12.9. The molecule has 6 nitrogen and oxygen atoms in total. The monoisotopic (exact) mass is 437 g/mol. The minimum atomic E-state index is -0.752. The number of carbonyl (C=O) groups is 2. The van der Waals surface area contributed by atoms with Crippen LogP contribution in [-0.4, -0.2) is 35.1 Å². The highest BCUT2D eigenvalue weighted by molar-refractivity contribution is 5.96. The maximum Gasteiger partial charge on any atom is 0.307 e. The summed E-state index contributed by atoms with van der Waals surface area (Å²) in [4.78, 5) is 30.9. The van der Waals surface area contributed by atoms with Crippen LogP contribution in [0.1, 0.15) is 56.9 Å². The lowest BCUT2D eigenvalue weighted by molar-refractivity contribution is -0.138. The summed E-state index contributed by atoms with van der Waals surface area (Å²) in [5.74, 6) is -0.232. The third-order valence-corrected chi connectivity index (χ3v) is 5.68. The van der Waals surface area contributed by atoms with E-state index in [0.717, 1.165) is 41.3 Å². The Morgan fingerprint density at radius 1 is 1.12 bits per heavy atom. The van der Waals surface area contributed by atoms with Crippen LogP contribution in [0.15, 0.2) is 36.5 Å². The van der Waals surface area contributed by atoms with Gasteiger partial charge in [-0.2, -0.15) is 0 Å². The molecule has 2 N–H and O–H groups in total. The molecule has 0 saturated heterocycles. The Bertz CT molecular complexity index is 943. The number of pyridine rings is 1. The number of nitrogens with zero attached hydrogens (tertiary/aromatic N) is 2. The number of aryl methyl sites for hydroxylation is 1. The molecule has 3 rings (SSSR count). The van der Waals surface area contributed by atoms with Crippen LogP contribution in [0, 0.1) is 24.7 Å². The Morgan fingerprint density at radius 2 is 1.81 bits per heavy atom. The molecular weight excluding hydrogens is 402 g/mol. The van der Waals surface area contributed by atoms with Gasteiger partial charge in [0, 0.05) is 25.0 Å². The number of benzene rings is 1. The zero-order valence-corrected chi connectivity index (χ0v) is 19.8. The summed E-state index contributed by atoms with van der Waals surface area (Å²) in [5.41, 5.74) is 4.49. The lowest BCUT2D eigenvalue weighted by atomic mass is 10.0. The summed E-state index contributed by atoms with van der Waals surface area (Å²) in [6.45, 7) is 12.4. The van der Waals surface area contributed by atoms with Crippen LogP contribution in [0.5, 0.6) is 0 Å². The molecule has 1 heterocycles. The second kappa shape index (κ2) is 10.2. The highest BCUT2D eigenvalue weighted by Crippen LogP contribution is 2.49. The fourth-order valence-corrected chi connectivity index (χ4v) is 4.13. The van der Waals surface area contributed by atoms with Crippen molar-refractivity contribution < 1.29 is 14.7 Å². The normalized spacial score (nSPS) is 17.5. The van der Waals surface area contributed by atoms with Crippen LogP contribution in [0.3, 0.4) is 0 Å². The largest absolute Gasteiger partial charge is 0.481 e. The second-order valence-electron chi connectivity index (χ2n) is 9.79.